The van der Waals surface area contributed by atoms with Crippen LogP contribution < -0.4 is 10.2 Å². The van der Waals surface area contributed by atoms with Gasteiger partial charge in [-0.2, -0.15) is 5.10 Å². The summed E-state index contributed by atoms with van der Waals surface area (Å²) in [5, 5.41) is 7.79. The largest absolute Gasteiger partial charge is 0.465 e. The number of ether oxygens (including phenoxy) is 1. The van der Waals surface area contributed by atoms with Crippen molar-refractivity contribution in [2.75, 3.05) is 38.2 Å². The van der Waals surface area contributed by atoms with Crippen LogP contribution in [-0.4, -0.2) is 65.9 Å². The van der Waals surface area contributed by atoms with E-state index >= 15 is 0 Å². The Morgan fingerprint density at radius 2 is 1.78 bits per heavy atom. The summed E-state index contributed by atoms with van der Waals surface area (Å²) in [6.45, 7) is 10.2. The van der Waals surface area contributed by atoms with Gasteiger partial charge < -0.3 is 15.0 Å². The molecule has 1 saturated heterocycles. The summed E-state index contributed by atoms with van der Waals surface area (Å²) >= 11 is 0. The Morgan fingerprint density at radius 3 is 2.44 bits per heavy atom. The molecule has 36 heavy (non-hydrogen) atoms. The van der Waals surface area contributed by atoms with Crippen LogP contribution in [0.4, 0.5) is 5.69 Å². The summed E-state index contributed by atoms with van der Waals surface area (Å²) < 4.78 is 6.78. The molecule has 0 spiro atoms. The SMILES string of the molecule is COC(=O)c1ccc(N2CCN(CC(=O)NCc3c(C)nn(Cc4ccccc4)c3C)C(C)C2)cc1. The van der Waals surface area contributed by atoms with E-state index in [2.05, 4.69) is 41.1 Å². The minimum Gasteiger partial charge on any atom is -0.465 e. The van der Waals surface area contributed by atoms with E-state index in [0.29, 0.717) is 25.2 Å². The molecule has 8 nitrogen and oxygen atoms in total. The summed E-state index contributed by atoms with van der Waals surface area (Å²) in [4.78, 5) is 29.0. The predicted molar refractivity (Wildman–Crippen MR) is 140 cm³/mol. The number of esters is 1. The second-order valence-electron chi connectivity index (χ2n) is 9.37. The normalized spacial score (nSPS) is 16.1. The highest BCUT2D eigenvalue weighted by atomic mass is 16.5. The van der Waals surface area contributed by atoms with Gasteiger partial charge in [0.25, 0.3) is 0 Å². The quantitative estimate of drug-likeness (QED) is 0.490. The number of anilines is 1. The molecule has 2 heterocycles. The standard InChI is InChI=1S/C28H35N5O3/c1-20-17-32(25-12-10-24(11-13-25)28(35)36-4)15-14-31(20)19-27(34)29-16-26-21(2)30-33(22(26)3)18-23-8-6-5-7-9-23/h5-13,20H,14-19H2,1-4H3,(H,29,34). The van der Waals surface area contributed by atoms with Crippen molar-refractivity contribution in [3.63, 3.8) is 0 Å². The van der Waals surface area contributed by atoms with Crippen molar-refractivity contribution < 1.29 is 14.3 Å². The molecule has 190 valence electrons. The second-order valence-corrected chi connectivity index (χ2v) is 9.37. The molecule has 1 fully saturated rings. The molecule has 1 aliphatic heterocycles. The van der Waals surface area contributed by atoms with E-state index in [9.17, 15) is 9.59 Å². The molecule has 3 aromatic rings. The third kappa shape index (κ3) is 5.94. The first-order chi connectivity index (χ1) is 17.4. The first-order valence-corrected chi connectivity index (χ1v) is 12.4. The lowest BCUT2D eigenvalue weighted by atomic mass is 10.1. The number of benzene rings is 2. The van der Waals surface area contributed by atoms with E-state index in [1.54, 1.807) is 12.1 Å². The number of nitrogens with one attached hydrogen (secondary N) is 1. The lowest BCUT2D eigenvalue weighted by Crippen LogP contribution is -2.54. The maximum atomic E-state index is 12.8. The average molecular weight is 490 g/mol. The average Bonchev–Trinajstić information content (AvgIpc) is 3.15. The van der Waals surface area contributed by atoms with Crippen molar-refractivity contribution in [1.29, 1.82) is 0 Å². The molecule has 0 radical (unpaired) electrons. The number of nitrogens with zero attached hydrogens (tertiary/aromatic N) is 4. The summed E-state index contributed by atoms with van der Waals surface area (Å²) in [5.41, 5.74) is 5.91. The molecule has 4 rings (SSSR count). The molecule has 1 aromatic heterocycles. The number of aromatic nitrogens is 2. The zero-order chi connectivity index (χ0) is 25.7. The summed E-state index contributed by atoms with van der Waals surface area (Å²) in [5.74, 6) is -0.313. The Morgan fingerprint density at radius 1 is 1.06 bits per heavy atom. The first kappa shape index (κ1) is 25.4. The smallest absolute Gasteiger partial charge is 0.337 e. The van der Waals surface area contributed by atoms with Crippen LogP contribution in [0.15, 0.2) is 54.6 Å². The van der Waals surface area contributed by atoms with E-state index < -0.39 is 0 Å². The van der Waals surface area contributed by atoms with Crippen molar-refractivity contribution in [3.8, 4) is 0 Å². The van der Waals surface area contributed by atoms with E-state index in [-0.39, 0.29) is 17.9 Å². The molecular formula is C28H35N5O3. The van der Waals surface area contributed by atoms with Crippen molar-refractivity contribution >= 4 is 17.6 Å². The number of rotatable bonds is 8. The third-order valence-corrected chi connectivity index (χ3v) is 6.93. The minimum atomic E-state index is -0.334. The van der Waals surface area contributed by atoms with Crippen LogP contribution in [0.2, 0.25) is 0 Å². The maximum Gasteiger partial charge on any atom is 0.337 e. The van der Waals surface area contributed by atoms with Crippen LogP contribution in [0.3, 0.4) is 0 Å². The molecule has 1 unspecified atom stereocenters. The van der Waals surface area contributed by atoms with Crippen LogP contribution in [0.25, 0.3) is 0 Å². The van der Waals surface area contributed by atoms with E-state index in [1.807, 2.05) is 41.9 Å². The molecule has 0 saturated carbocycles. The first-order valence-electron chi connectivity index (χ1n) is 12.4. The van der Waals surface area contributed by atoms with Crippen LogP contribution in [0.5, 0.6) is 0 Å². The van der Waals surface area contributed by atoms with Gasteiger partial charge in [-0.15, -0.1) is 0 Å². The molecule has 2 aromatic carbocycles. The third-order valence-electron chi connectivity index (χ3n) is 6.93. The van der Waals surface area contributed by atoms with Gasteiger partial charge in [-0.3, -0.25) is 14.4 Å². The number of methoxy groups -OCH3 is 1. The van der Waals surface area contributed by atoms with Gasteiger partial charge >= 0.3 is 5.97 Å². The van der Waals surface area contributed by atoms with Gasteiger partial charge in [-0.1, -0.05) is 30.3 Å². The zero-order valence-corrected chi connectivity index (χ0v) is 21.5. The number of amides is 1. The fourth-order valence-corrected chi connectivity index (χ4v) is 4.72. The summed E-state index contributed by atoms with van der Waals surface area (Å²) in [6.07, 6.45) is 0. The molecule has 0 bridgehead atoms. The number of carbonyl (C=O) groups is 2. The minimum absolute atomic E-state index is 0.0207. The Labute approximate surface area is 212 Å². The van der Waals surface area contributed by atoms with Crippen molar-refractivity contribution in [2.45, 2.75) is 39.9 Å². The van der Waals surface area contributed by atoms with Crippen LogP contribution in [0, 0.1) is 13.8 Å². The Balaban J connectivity index is 1.28. The van der Waals surface area contributed by atoms with Gasteiger partial charge in [0.05, 0.1) is 31.5 Å². The van der Waals surface area contributed by atoms with E-state index in [4.69, 9.17) is 9.84 Å². The number of aryl methyl sites for hydroxylation is 1. The van der Waals surface area contributed by atoms with E-state index in [1.165, 1.54) is 12.7 Å². The lowest BCUT2D eigenvalue weighted by Gasteiger charge is -2.40. The maximum absolute atomic E-state index is 12.8. The van der Waals surface area contributed by atoms with Gasteiger partial charge in [0.15, 0.2) is 0 Å². The number of hydrogen-bond donors (Lipinski definition) is 1. The topological polar surface area (TPSA) is 79.7 Å². The zero-order valence-electron chi connectivity index (χ0n) is 21.5. The molecule has 1 amide bonds. The van der Waals surface area contributed by atoms with Crippen LogP contribution >= 0.6 is 0 Å². The van der Waals surface area contributed by atoms with Gasteiger partial charge in [-0.25, -0.2) is 4.79 Å². The molecule has 1 aliphatic rings. The summed E-state index contributed by atoms with van der Waals surface area (Å²) in [7, 11) is 1.38. The molecule has 8 heteroatoms. The lowest BCUT2D eigenvalue weighted by molar-refractivity contribution is -0.123. The van der Waals surface area contributed by atoms with E-state index in [0.717, 1.165) is 42.3 Å². The monoisotopic (exact) mass is 489 g/mol. The van der Waals surface area contributed by atoms with Gasteiger partial charge in [0, 0.05) is 49.2 Å². The highest BCUT2D eigenvalue weighted by molar-refractivity contribution is 5.89. The van der Waals surface area contributed by atoms with Gasteiger partial charge in [0.2, 0.25) is 5.91 Å². The predicted octanol–water partition coefficient (Wildman–Crippen LogP) is 3.16. The Kier molecular flexibility index (Phi) is 8.05. The number of piperazine rings is 1. The molecule has 1 N–H and O–H groups in total. The fourth-order valence-electron chi connectivity index (χ4n) is 4.72. The molecule has 0 aliphatic carbocycles. The van der Waals surface area contributed by atoms with Gasteiger partial charge in [0.1, 0.15) is 0 Å². The highest BCUT2D eigenvalue weighted by Crippen LogP contribution is 2.20. The number of hydrogen-bond acceptors (Lipinski definition) is 6. The Hall–Kier alpha value is -3.65. The summed E-state index contributed by atoms with van der Waals surface area (Å²) in [6, 6.07) is 18.0. The second kappa shape index (κ2) is 11.4. The Bertz CT molecular complexity index is 1190. The molecule has 1 atom stereocenters. The van der Waals surface area contributed by atoms with Crippen molar-refractivity contribution in [1.82, 2.24) is 20.0 Å². The van der Waals surface area contributed by atoms with Crippen LogP contribution in [0.1, 0.15) is 39.8 Å². The van der Waals surface area contributed by atoms with Gasteiger partial charge in [-0.05, 0) is 50.6 Å². The highest BCUT2D eigenvalue weighted by Gasteiger charge is 2.26. The van der Waals surface area contributed by atoms with Crippen molar-refractivity contribution in [2.24, 2.45) is 0 Å². The van der Waals surface area contributed by atoms with Crippen molar-refractivity contribution in [3.05, 3.63) is 82.7 Å². The molecular weight excluding hydrogens is 454 g/mol. The van der Waals surface area contributed by atoms with Crippen LogP contribution in [-0.2, 0) is 22.6 Å². The fraction of sp³-hybridized carbons (Fsp3) is 0.393. The number of carbonyl (C=O) groups excluding carboxylic acids is 2.